The summed E-state index contributed by atoms with van der Waals surface area (Å²) in [6, 6.07) is 0. The molecule has 1 aliphatic heterocycles. The van der Waals surface area contributed by atoms with Crippen LogP contribution in [0, 0.1) is 5.41 Å². The lowest BCUT2D eigenvalue weighted by Gasteiger charge is -2.34. The van der Waals surface area contributed by atoms with E-state index >= 15 is 0 Å². The molecule has 0 amide bonds. The van der Waals surface area contributed by atoms with Gasteiger partial charge >= 0.3 is 0 Å². The standard InChI is InChI=1S/C10H21N3O/c1-4-13(5-2)10(11)9-8-12(3)6-7-14-9/h9,11H,4-8H2,1-3H3. The minimum absolute atomic E-state index is 0.0337. The molecule has 0 saturated carbocycles. The van der Waals surface area contributed by atoms with Crippen molar-refractivity contribution in [2.45, 2.75) is 20.0 Å². The van der Waals surface area contributed by atoms with Crippen molar-refractivity contribution in [3.8, 4) is 0 Å². The average molecular weight is 199 g/mol. The van der Waals surface area contributed by atoms with Crippen molar-refractivity contribution >= 4 is 5.84 Å². The molecular formula is C10H21N3O. The second kappa shape index (κ2) is 5.32. The Hall–Kier alpha value is -0.610. The first-order valence-corrected chi connectivity index (χ1v) is 5.32. The number of hydrogen-bond donors (Lipinski definition) is 1. The number of likely N-dealkylation sites (N-methyl/N-ethyl adjacent to an activating group) is 2. The summed E-state index contributed by atoms with van der Waals surface area (Å²) in [7, 11) is 2.07. The number of nitrogens with zero attached hydrogens (tertiary/aromatic N) is 2. The zero-order valence-corrected chi connectivity index (χ0v) is 9.42. The van der Waals surface area contributed by atoms with Crippen LogP contribution in [0.15, 0.2) is 0 Å². The van der Waals surface area contributed by atoms with Crippen molar-refractivity contribution in [2.24, 2.45) is 0 Å². The van der Waals surface area contributed by atoms with E-state index in [1.807, 2.05) is 4.90 Å². The zero-order valence-electron chi connectivity index (χ0n) is 9.42. The molecule has 0 spiro atoms. The minimum atomic E-state index is -0.0337. The Labute approximate surface area is 86.3 Å². The van der Waals surface area contributed by atoms with Gasteiger partial charge in [0.15, 0.2) is 0 Å². The van der Waals surface area contributed by atoms with Crippen molar-refractivity contribution in [1.82, 2.24) is 9.80 Å². The Morgan fingerprint density at radius 3 is 2.64 bits per heavy atom. The molecule has 1 atom stereocenters. The lowest BCUT2D eigenvalue weighted by Crippen LogP contribution is -2.49. The summed E-state index contributed by atoms with van der Waals surface area (Å²) >= 11 is 0. The number of rotatable bonds is 3. The number of ether oxygens (including phenoxy) is 1. The summed E-state index contributed by atoms with van der Waals surface area (Å²) < 4.78 is 5.59. The average Bonchev–Trinajstić information content (AvgIpc) is 2.19. The summed E-state index contributed by atoms with van der Waals surface area (Å²) in [5.41, 5.74) is 0. The molecule has 1 rings (SSSR count). The molecule has 4 nitrogen and oxygen atoms in total. The lowest BCUT2D eigenvalue weighted by molar-refractivity contribution is 0.0110. The van der Waals surface area contributed by atoms with Gasteiger partial charge in [-0.15, -0.1) is 0 Å². The number of nitrogens with one attached hydrogen (secondary N) is 1. The van der Waals surface area contributed by atoms with E-state index in [0.717, 1.165) is 32.8 Å². The van der Waals surface area contributed by atoms with E-state index in [-0.39, 0.29) is 6.10 Å². The molecular weight excluding hydrogens is 178 g/mol. The van der Waals surface area contributed by atoms with Crippen LogP contribution in [-0.4, -0.2) is 61.6 Å². The Bertz CT molecular complexity index is 192. The van der Waals surface area contributed by atoms with E-state index in [0.29, 0.717) is 5.84 Å². The predicted octanol–water partition coefficient (Wildman–Crippen LogP) is 0.636. The highest BCUT2D eigenvalue weighted by Gasteiger charge is 2.24. The first-order chi connectivity index (χ1) is 6.69. The smallest absolute Gasteiger partial charge is 0.127 e. The first-order valence-electron chi connectivity index (χ1n) is 5.32. The van der Waals surface area contributed by atoms with Crippen LogP contribution in [0.4, 0.5) is 0 Å². The summed E-state index contributed by atoms with van der Waals surface area (Å²) in [6.07, 6.45) is -0.0337. The van der Waals surface area contributed by atoms with Gasteiger partial charge in [-0.3, -0.25) is 5.41 Å². The maximum absolute atomic E-state index is 8.00. The summed E-state index contributed by atoms with van der Waals surface area (Å²) in [6.45, 7) is 8.48. The molecule has 82 valence electrons. The fraction of sp³-hybridized carbons (Fsp3) is 0.900. The van der Waals surface area contributed by atoms with Gasteiger partial charge in [0, 0.05) is 26.2 Å². The molecule has 1 aliphatic rings. The summed E-state index contributed by atoms with van der Waals surface area (Å²) in [4.78, 5) is 4.26. The van der Waals surface area contributed by atoms with Crippen LogP contribution in [0.5, 0.6) is 0 Å². The van der Waals surface area contributed by atoms with Crippen LogP contribution in [-0.2, 0) is 4.74 Å². The molecule has 0 aromatic carbocycles. The normalized spacial score (nSPS) is 23.5. The Morgan fingerprint density at radius 2 is 2.14 bits per heavy atom. The third-order valence-corrected chi connectivity index (χ3v) is 2.68. The Morgan fingerprint density at radius 1 is 1.50 bits per heavy atom. The highest BCUT2D eigenvalue weighted by molar-refractivity contribution is 5.84. The molecule has 0 aliphatic carbocycles. The fourth-order valence-electron chi connectivity index (χ4n) is 1.71. The van der Waals surface area contributed by atoms with Crippen molar-refractivity contribution in [3.63, 3.8) is 0 Å². The maximum atomic E-state index is 8.00. The van der Waals surface area contributed by atoms with Crippen molar-refractivity contribution < 1.29 is 4.74 Å². The molecule has 0 aromatic rings. The van der Waals surface area contributed by atoms with E-state index in [4.69, 9.17) is 10.1 Å². The van der Waals surface area contributed by atoms with Gasteiger partial charge in [-0.1, -0.05) is 0 Å². The minimum Gasteiger partial charge on any atom is -0.368 e. The van der Waals surface area contributed by atoms with Crippen LogP contribution in [0.25, 0.3) is 0 Å². The largest absolute Gasteiger partial charge is 0.368 e. The molecule has 1 saturated heterocycles. The third-order valence-electron chi connectivity index (χ3n) is 2.68. The van der Waals surface area contributed by atoms with Crippen LogP contribution >= 0.6 is 0 Å². The highest BCUT2D eigenvalue weighted by atomic mass is 16.5. The third kappa shape index (κ3) is 2.69. The molecule has 1 heterocycles. The quantitative estimate of drug-likeness (QED) is 0.535. The van der Waals surface area contributed by atoms with Gasteiger partial charge in [0.05, 0.1) is 6.61 Å². The van der Waals surface area contributed by atoms with E-state index in [1.54, 1.807) is 0 Å². The maximum Gasteiger partial charge on any atom is 0.127 e. The van der Waals surface area contributed by atoms with Crippen molar-refractivity contribution in [2.75, 3.05) is 39.8 Å². The van der Waals surface area contributed by atoms with Crippen LogP contribution in [0.3, 0.4) is 0 Å². The summed E-state index contributed by atoms with van der Waals surface area (Å²) in [5.74, 6) is 0.626. The molecule has 0 radical (unpaired) electrons. The molecule has 1 unspecified atom stereocenters. The van der Waals surface area contributed by atoms with E-state index in [1.165, 1.54) is 0 Å². The molecule has 0 aromatic heterocycles. The van der Waals surface area contributed by atoms with Crippen molar-refractivity contribution in [3.05, 3.63) is 0 Å². The zero-order chi connectivity index (χ0) is 10.6. The van der Waals surface area contributed by atoms with E-state index in [2.05, 4.69) is 25.8 Å². The number of hydrogen-bond acceptors (Lipinski definition) is 3. The molecule has 1 fully saturated rings. The molecule has 14 heavy (non-hydrogen) atoms. The Kier molecular flexibility index (Phi) is 4.35. The van der Waals surface area contributed by atoms with Crippen molar-refractivity contribution in [1.29, 1.82) is 5.41 Å². The van der Waals surface area contributed by atoms with Gasteiger partial charge in [0.2, 0.25) is 0 Å². The lowest BCUT2D eigenvalue weighted by atomic mass is 10.2. The van der Waals surface area contributed by atoms with E-state index < -0.39 is 0 Å². The molecule has 0 bridgehead atoms. The first kappa shape index (κ1) is 11.5. The van der Waals surface area contributed by atoms with Crippen LogP contribution in [0.2, 0.25) is 0 Å². The SMILES string of the molecule is CCN(CC)C(=N)C1CN(C)CCO1. The molecule has 4 heteroatoms. The van der Waals surface area contributed by atoms with Gasteiger partial charge in [-0.05, 0) is 20.9 Å². The van der Waals surface area contributed by atoms with Gasteiger partial charge in [-0.25, -0.2) is 0 Å². The highest BCUT2D eigenvalue weighted by Crippen LogP contribution is 2.07. The number of morpholine rings is 1. The van der Waals surface area contributed by atoms with Gasteiger partial charge in [-0.2, -0.15) is 0 Å². The molecule has 1 N–H and O–H groups in total. The fourth-order valence-corrected chi connectivity index (χ4v) is 1.71. The van der Waals surface area contributed by atoms with E-state index in [9.17, 15) is 0 Å². The van der Waals surface area contributed by atoms with Crippen LogP contribution in [0.1, 0.15) is 13.8 Å². The Balaban J connectivity index is 2.50. The van der Waals surface area contributed by atoms with Crippen LogP contribution < -0.4 is 0 Å². The monoisotopic (exact) mass is 199 g/mol. The van der Waals surface area contributed by atoms with Gasteiger partial charge < -0.3 is 14.5 Å². The predicted molar refractivity (Wildman–Crippen MR) is 57.9 cm³/mol. The summed E-state index contributed by atoms with van der Waals surface area (Å²) in [5, 5.41) is 8.00. The second-order valence-corrected chi connectivity index (χ2v) is 3.68. The number of amidine groups is 1. The topological polar surface area (TPSA) is 39.6 Å². The van der Waals surface area contributed by atoms with Gasteiger partial charge in [0.25, 0.3) is 0 Å². The second-order valence-electron chi connectivity index (χ2n) is 3.68. The van der Waals surface area contributed by atoms with Gasteiger partial charge in [0.1, 0.15) is 11.9 Å².